The number of halogens is 1. The summed E-state index contributed by atoms with van der Waals surface area (Å²) in [5, 5.41) is 2.77. The Morgan fingerprint density at radius 2 is 2.12 bits per heavy atom. The third-order valence-electron chi connectivity index (χ3n) is 4.06. The molecule has 0 N–H and O–H groups in total. The molecule has 0 spiro atoms. The largest absolute Gasteiger partial charge is 0.444 e. The summed E-state index contributed by atoms with van der Waals surface area (Å²) >= 11 is 7.60. The first-order valence-corrected chi connectivity index (χ1v) is 9.11. The van der Waals surface area contributed by atoms with Gasteiger partial charge in [0, 0.05) is 24.7 Å². The molecule has 3 heterocycles. The van der Waals surface area contributed by atoms with Gasteiger partial charge in [0.25, 0.3) is 0 Å². The molecule has 4 rings (SSSR count). The highest BCUT2D eigenvalue weighted by Gasteiger charge is 2.23. The van der Waals surface area contributed by atoms with E-state index in [1.54, 1.807) is 17.6 Å². The van der Waals surface area contributed by atoms with E-state index in [2.05, 4.69) is 9.88 Å². The van der Waals surface area contributed by atoms with Crippen LogP contribution < -0.4 is 0 Å². The molecule has 1 aromatic carbocycles. The lowest BCUT2D eigenvalue weighted by Crippen LogP contribution is -2.37. The van der Waals surface area contributed by atoms with Crippen molar-refractivity contribution in [3.63, 3.8) is 0 Å². The second-order valence-electron chi connectivity index (χ2n) is 5.77. The van der Waals surface area contributed by atoms with E-state index in [1.807, 2.05) is 41.8 Å². The minimum absolute atomic E-state index is 0.0692. The molecule has 2 aromatic heterocycles. The standard InChI is InChI=1S/C18H17ClN2O2S/c19-14-5-3-13(4-6-14)16-11-21(7-8-22-16)10-15-12-23-18(20-15)17-2-1-9-24-17/h1-6,9,12,16H,7-8,10-11H2. The highest BCUT2D eigenvalue weighted by Crippen LogP contribution is 2.26. The van der Waals surface area contributed by atoms with Gasteiger partial charge >= 0.3 is 0 Å². The maximum atomic E-state index is 5.96. The van der Waals surface area contributed by atoms with E-state index in [-0.39, 0.29) is 6.10 Å². The second kappa shape index (κ2) is 7.07. The molecule has 124 valence electrons. The van der Waals surface area contributed by atoms with Gasteiger partial charge in [0.1, 0.15) is 6.26 Å². The van der Waals surface area contributed by atoms with Gasteiger partial charge in [0.05, 0.1) is 23.3 Å². The Balaban J connectivity index is 1.42. The quantitative estimate of drug-likeness (QED) is 0.680. The van der Waals surface area contributed by atoms with Crippen LogP contribution in [0.15, 0.2) is 52.5 Å². The van der Waals surface area contributed by atoms with Gasteiger partial charge < -0.3 is 9.15 Å². The van der Waals surface area contributed by atoms with Crippen LogP contribution in [0.25, 0.3) is 10.8 Å². The summed E-state index contributed by atoms with van der Waals surface area (Å²) in [6.07, 6.45) is 1.82. The first-order valence-electron chi connectivity index (χ1n) is 7.85. The van der Waals surface area contributed by atoms with Crippen molar-refractivity contribution in [1.82, 2.24) is 9.88 Å². The fourth-order valence-corrected chi connectivity index (χ4v) is 3.63. The van der Waals surface area contributed by atoms with E-state index in [1.165, 1.54) is 0 Å². The van der Waals surface area contributed by atoms with Gasteiger partial charge in [0.15, 0.2) is 0 Å². The van der Waals surface area contributed by atoms with Crippen molar-refractivity contribution >= 4 is 22.9 Å². The lowest BCUT2D eigenvalue weighted by atomic mass is 10.1. The number of benzene rings is 1. The number of aromatic nitrogens is 1. The van der Waals surface area contributed by atoms with Gasteiger partial charge in [-0.1, -0.05) is 29.8 Å². The van der Waals surface area contributed by atoms with Crippen molar-refractivity contribution in [1.29, 1.82) is 0 Å². The Morgan fingerprint density at radius 1 is 1.25 bits per heavy atom. The molecule has 0 amide bonds. The Kier molecular flexibility index (Phi) is 4.67. The average Bonchev–Trinajstić information content (AvgIpc) is 3.27. The van der Waals surface area contributed by atoms with Gasteiger partial charge in [-0.2, -0.15) is 0 Å². The number of oxazole rings is 1. The summed E-state index contributed by atoms with van der Waals surface area (Å²) in [6.45, 7) is 3.21. The van der Waals surface area contributed by atoms with Gasteiger partial charge in [-0.05, 0) is 29.1 Å². The molecule has 4 nitrogen and oxygen atoms in total. The molecule has 0 radical (unpaired) electrons. The lowest BCUT2D eigenvalue weighted by molar-refractivity contribution is -0.0332. The molecular weight excluding hydrogens is 344 g/mol. The number of rotatable bonds is 4. The summed E-state index contributed by atoms with van der Waals surface area (Å²) in [4.78, 5) is 8.00. The van der Waals surface area contributed by atoms with E-state index < -0.39 is 0 Å². The van der Waals surface area contributed by atoms with E-state index >= 15 is 0 Å². The SMILES string of the molecule is Clc1ccc(C2CN(Cc3coc(-c4cccs4)n3)CCO2)cc1. The molecule has 24 heavy (non-hydrogen) atoms. The number of hydrogen-bond acceptors (Lipinski definition) is 5. The van der Waals surface area contributed by atoms with E-state index in [4.69, 9.17) is 20.8 Å². The third kappa shape index (κ3) is 3.54. The maximum absolute atomic E-state index is 5.96. The lowest BCUT2D eigenvalue weighted by Gasteiger charge is -2.32. The third-order valence-corrected chi connectivity index (χ3v) is 5.17. The van der Waals surface area contributed by atoms with Gasteiger partial charge in [0.2, 0.25) is 5.89 Å². The minimum Gasteiger partial charge on any atom is -0.444 e. The van der Waals surface area contributed by atoms with E-state index in [0.717, 1.165) is 40.8 Å². The van der Waals surface area contributed by atoms with Crippen LogP contribution in [0.5, 0.6) is 0 Å². The highest BCUT2D eigenvalue weighted by atomic mass is 35.5. The molecule has 1 saturated heterocycles. The topological polar surface area (TPSA) is 38.5 Å². The normalized spacial score (nSPS) is 18.8. The zero-order valence-corrected chi connectivity index (χ0v) is 14.6. The molecular formula is C18H17ClN2O2S. The van der Waals surface area contributed by atoms with Crippen molar-refractivity contribution in [2.24, 2.45) is 0 Å². The molecule has 1 unspecified atom stereocenters. The fourth-order valence-electron chi connectivity index (χ4n) is 2.85. The maximum Gasteiger partial charge on any atom is 0.236 e. The molecule has 1 fully saturated rings. The molecule has 6 heteroatoms. The van der Waals surface area contributed by atoms with E-state index in [9.17, 15) is 0 Å². The van der Waals surface area contributed by atoms with Crippen molar-refractivity contribution in [2.45, 2.75) is 12.6 Å². The summed E-state index contributed by atoms with van der Waals surface area (Å²) in [7, 11) is 0. The molecule has 1 atom stereocenters. The zero-order valence-electron chi connectivity index (χ0n) is 13.0. The smallest absolute Gasteiger partial charge is 0.236 e. The molecule has 1 aliphatic heterocycles. The summed E-state index contributed by atoms with van der Waals surface area (Å²) in [5.74, 6) is 0.697. The van der Waals surface area contributed by atoms with Crippen LogP contribution in [-0.2, 0) is 11.3 Å². The number of hydrogen-bond donors (Lipinski definition) is 0. The summed E-state index contributed by atoms with van der Waals surface area (Å²) in [6, 6.07) is 11.9. The van der Waals surface area contributed by atoms with Gasteiger partial charge in [-0.15, -0.1) is 11.3 Å². The second-order valence-corrected chi connectivity index (χ2v) is 7.15. The number of nitrogens with zero attached hydrogens (tertiary/aromatic N) is 2. The van der Waals surface area contributed by atoms with Crippen molar-refractivity contribution in [3.05, 3.63) is 64.3 Å². The Labute approximate surface area is 149 Å². The van der Waals surface area contributed by atoms with Crippen molar-refractivity contribution < 1.29 is 9.15 Å². The van der Waals surface area contributed by atoms with Crippen LogP contribution >= 0.6 is 22.9 Å². The monoisotopic (exact) mass is 360 g/mol. The molecule has 1 aliphatic rings. The molecule has 3 aromatic rings. The summed E-state index contributed by atoms with van der Waals surface area (Å²) < 4.78 is 11.5. The van der Waals surface area contributed by atoms with Gasteiger partial charge in [-0.25, -0.2) is 4.98 Å². The minimum atomic E-state index is 0.0692. The van der Waals surface area contributed by atoms with E-state index in [0.29, 0.717) is 12.5 Å². The van der Waals surface area contributed by atoms with Crippen LogP contribution in [-0.4, -0.2) is 29.6 Å². The first kappa shape index (κ1) is 15.8. The van der Waals surface area contributed by atoms with Crippen LogP contribution in [0.3, 0.4) is 0 Å². The van der Waals surface area contributed by atoms with Crippen LogP contribution in [0.2, 0.25) is 5.02 Å². The predicted octanol–water partition coefficient (Wildman–Crippen LogP) is 4.63. The summed E-state index contributed by atoms with van der Waals surface area (Å²) in [5.41, 5.74) is 2.11. The Morgan fingerprint density at radius 3 is 2.92 bits per heavy atom. The number of thiophene rings is 1. The first-order chi connectivity index (χ1) is 11.8. The molecule has 0 saturated carbocycles. The number of morpholine rings is 1. The van der Waals surface area contributed by atoms with Crippen LogP contribution in [0, 0.1) is 0 Å². The predicted molar refractivity (Wildman–Crippen MR) is 95.2 cm³/mol. The Hall–Kier alpha value is -1.66. The Bertz CT molecular complexity index is 786. The molecule has 0 aliphatic carbocycles. The molecule has 0 bridgehead atoms. The van der Waals surface area contributed by atoms with Gasteiger partial charge in [-0.3, -0.25) is 4.90 Å². The van der Waals surface area contributed by atoms with Crippen molar-refractivity contribution in [2.75, 3.05) is 19.7 Å². The number of ether oxygens (including phenoxy) is 1. The highest BCUT2D eigenvalue weighted by molar-refractivity contribution is 7.13. The fraction of sp³-hybridized carbons (Fsp3) is 0.278. The zero-order chi connectivity index (χ0) is 16.4. The van der Waals surface area contributed by atoms with Crippen molar-refractivity contribution in [3.8, 4) is 10.8 Å². The van der Waals surface area contributed by atoms with Crippen LogP contribution in [0.4, 0.5) is 0 Å². The average molecular weight is 361 g/mol. The van der Waals surface area contributed by atoms with Crippen LogP contribution in [0.1, 0.15) is 17.4 Å².